The van der Waals surface area contributed by atoms with Crippen LogP contribution in [0.1, 0.15) is 26.2 Å². The van der Waals surface area contributed by atoms with Crippen molar-refractivity contribution in [3.05, 3.63) is 0 Å². The molecular formula is C10H17NO3S. The smallest absolute Gasteiger partial charge is 0.313 e. The number of amides is 1. The van der Waals surface area contributed by atoms with Crippen LogP contribution in [0.4, 0.5) is 0 Å². The molecule has 0 bridgehead atoms. The Morgan fingerprint density at radius 3 is 2.60 bits per heavy atom. The van der Waals surface area contributed by atoms with Crippen LogP contribution in [0, 0.1) is 5.41 Å². The summed E-state index contributed by atoms with van der Waals surface area (Å²) in [5.41, 5.74) is 0.460. The first-order valence-electron chi connectivity index (χ1n) is 5.08. The maximum absolute atomic E-state index is 11.2. The van der Waals surface area contributed by atoms with E-state index >= 15 is 0 Å². The zero-order valence-corrected chi connectivity index (χ0v) is 9.73. The van der Waals surface area contributed by atoms with E-state index < -0.39 is 5.97 Å². The van der Waals surface area contributed by atoms with Crippen molar-refractivity contribution in [2.75, 3.05) is 18.1 Å². The summed E-state index contributed by atoms with van der Waals surface area (Å²) in [5, 5.41) is 11.2. The summed E-state index contributed by atoms with van der Waals surface area (Å²) < 4.78 is 0. The van der Waals surface area contributed by atoms with Crippen LogP contribution >= 0.6 is 11.8 Å². The molecule has 86 valence electrons. The van der Waals surface area contributed by atoms with Crippen molar-refractivity contribution in [1.82, 2.24) is 5.32 Å². The monoisotopic (exact) mass is 231 g/mol. The molecule has 0 spiro atoms. The molecule has 1 amide bonds. The Hall–Kier alpha value is -0.710. The van der Waals surface area contributed by atoms with Crippen LogP contribution < -0.4 is 5.32 Å². The van der Waals surface area contributed by atoms with Crippen LogP contribution in [0.2, 0.25) is 0 Å². The van der Waals surface area contributed by atoms with Gasteiger partial charge in [-0.1, -0.05) is 6.92 Å². The van der Waals surface area contributed by atoms with Gasteiger partial charge in [-0.25, -0.2) is 0 Å². The predicted octanol–water partition coefficient (Wildman–Crippen LogP) is 1.11. The summed E-state index contributed by atoms with van der Waals surface area (Å²) in [6.45, 7) is 2.93. The van der Waals surface area contributed by atoms with Gasteiger partial charge in [0.25, 0.3) is 0 Å². The van der Waals surface area contributed by atoms with E-state index in [4.69, 9.17) is 5.11 Å². The third-order valence-corrected chi connectivity index (χ3v) is 3.53. The van der Waals surface area contributed by atoms with E-state index in [1.54, 1.807) is 0 Å². The Bertz CT molecular complexity index is 251. The second-order valence-electron chi connectivity index (χ2n) is 4.30. The van der Waals surface area contributed by atoms with Crippen molar-refractivity contribution < 1.29 is 14.7 Å². The maximum Gasteiger partial charge on any atom is 0.313 e. The number of carbonyl (C=O) groups is 2. The normalized spacial score (nSPS) is 17.1. The second kappa shape index (κ2) is 5.39. The molecule has 15 heavy (non-hydrogen) atoms. The Labute approximate surface area is 93.8 Å². The maximum atomic E-state index is 11.2. The molecule has 4 nitrogen and oxygen atoms in total. The fourth-order valence-electron chi connectivity index (χ4n) is 1.25. The van der Waals surface area contributed by atoms with Gasteiger partial charge in [-0.2, -0.15) is 0 Å². The number of rotatable bonds is 7. The molecule has 1 saturated carbocycles. The van der Waals surface area contributed by atoms with Gasteiger partial charge in [0.2, 0.25) is 5.91 Å². The number of aliphatic carboxylic acids is 1. The molecule has 0 aliphatic heterocycles. The van der Waals surface area contributed by atoms with Crippen molar-refractivity contribution in [1.29, 1.82) is 0 Å². The molecule has 2 N–H and O–H groups in total. The number of carboxylic acid groups (broad SMARTS) is 1. The van der Waals surface area contributed by atoms with Crippen molar-refractivity contribution in [2.24, 2.45) is 5.41 Å². The van der Waals surface area contributed by atoms with Crippen LogP contribution in [-0.4, -0.2) is 35.0 Å². The zero-order chi connectivity index (χ0) is 11.3. The number of carbonyl (C=O) groups excluding carboxylic acids is 1. The lowest BCUT2D eigenvalue weighted by Crippen LogP contribution is -2.27. The van der Waals surface area contributed by atoms with Crippen LogP contribution in [0.25, 0.3) is 0 Å². The van der Waals surface area contributed by atoms with E-state index in [1.165, 1.54) is 12.8 Å². The lowest BCUT2D eigenvalue weighted by molar-refractivity contribution is -0.133. The Kier molecular flexibility index (Phi) is 4.45. The van der Waals surface area contributed by atoms with E-state index in [-0.39, 0.29) is 17.4 Å². The highest BCUT2D eigenvalue weighted by Crippen LogP contribution is 2.47. The van der Waals surface area contributed by atoms with Crippen molar-refractivity contribution in [2.45, 2.75) is 26.2 Å². The Morgan fingerprint density at radius 2 is 2.07 bits per heavy atom. The molecular weight excluding hydrogens is 214 g/mol. The zero-order valence-electron chi connectivity index (χ0n) is 8.91. The molecule has 1 aliphatic carbocycles. The van der Waals surface area contributed by atoms with Crippen LogP contribution in [0.5, 0.6) is 0 Å². The number of carboxylic acids is 1. The van der Waals surface area contributed by atoms with E-state index in [0.29, 0.717) is 12.0 Å². The Balaban J connectivity index is 1.96. The molecule has 5 heteroatoms. The van der Waals surface area contributed by atoms with E-state index in [0.717, 1.165) is 18.2 Å². The van der Waals surface area contributed by atoms with E-state index in [2.05, 4.69) is 12.2 Å². The van der Waals surface area contributed by atoms with Gasteiger partial charge in [0.1, 0.15) is 0 Å². The standard InChI is InChI=1S/C10H17NO3S/c1-10(2-3-10)4-5-11-8(12)6-15-7-9(13)14/h2-7H2,1H3,(H,11,12)(H,13,14). The predicted molar refractivity (Wildman–Crippen MR) is 59.9 cm³/mol. The molecule has 0 aromatic heterocycles. The van der Waals surface area contributed by atoms with Gasteiger partial charge in [0.05, 0.1) is 11.5 Å². The van der Waals surface area contributed by atoms with Gasteiger partial charge < -0.3 is 10.4 Å². The minimum atomic E-state index is -0.877. The average Bonchev–Trinajstić information content (AvgIpc) is 2.83. The highest BCUT2D eigenvalue weighted by Gasteiger charge is 2.36. The lowest BCUT2D eigenvalue weighted by atomic mass is 10.1. The van der Waals surface area contributed by atoms with Gasteiger partial charge in [0.15, 0.2) is 0 Å². The molecule has 1 fully saturated rings. The first-order valence-corrected chi connectivity index (χ1v) is 6.24. The molecule has 0 aromatic rings. The third-order valence-electron chi connectivity index (χ3n) is 2.61. The SMILES string of the molecule is CC1(CCNC(=O)CSCC(=O)O)CC1. The molecule has 0 heterocycles. The van der Waals surface area contributed by atoms with Gasteiger partial charge in [0, 0.05) is 6.54 Å². The number of hydrogen-bond acceptors (Lipinski definition) is 3. The molecule has 0 aromatic carbocycles. The van der Waals surface area contributed by atoms with Gasteiger partial charge in [-0.05, 0) is 24.7 Å². The number of nitrogens with one attached hydrogen (secondary N) is 1. The molecule has 0 saturated heterocycles. The first-order chi connectivity index (χ1) is 7.02. The van der Waals surface area contributed by atoms with Crippen LogP contribution in [0.15, 0.2) is 0 Å². The van der Waals surface area contributed by atoms with Gasteiger partial charge in [-0.15, -0.1) is 11.8 Å². The summed E-state index contributed by atoms with van der Waals surface area (Å²) >= 11 is 1.13. The highest BCUT2D eigenvalue weighted by atomic mass is 32.2. The fraction of sp³-hybridized carbons (Fsp3) is 0.800. The van der Waals surface area contributed by atoms with Gasteiger partial charge >= 0.3 is 5.97 Å². The van der Waals surface area contributed by atoms with Crippen molar-refractivity contribution in [3.8, 4) is 0 Å². The molecule has 0 unspecified atom stereocenters. The molecule has 0 radical (unpaired) electrons. The minimum Gasteiger partial charge on any atom is -0.481 e. The second-order valence-corrected chi connectivity index (χ2v) is 5.28. The average molecular weight is 231 g/mol. The summed E-state index contributed by atoms with van der Waals surface area (Å²) in [7, 11) is 0. The van der Waals surface area contributed by atoms with Gasteiger partial charge in [-0.3, -0.25) is 9.59 Å². The van der Waals surface area contributed by atoms with E-state index in [1.807, 2.05) is 0 Å². The molecule has 1 rings (SSSR count). The van der Waals surface area contributed by atoms with Crippen molar-refractivity contribution >= 4 is 23.6 Å². The largest absolute Gasteiger partial charge is 0.481 e. The van der Waals surface area contributed by atoms with E-state index in [9.17, 15) is 9.59 Å². The third kappa shape index (κ3) is 5.67. The fourth-order valence-corrected chi connectivity index (χ4v) is 1.81. The quantitative estimate of drug-likeness (QED) is 0.689. The minimum absolute atomic E-state index is 0.00879. The summed E-state index contributed by atoms with van der Waals surface area (Å²) in [5.74, 6) is -0.711. The topological polar surface area (TPSA) is 66.4 Å². The van der Waals surface area contributed by atoms with Crippen LogP contribution in [-0.2, 0) is 9.59 Å². The van der Waals surface area contributed by atoms with Crippen molar-refractivity contribution in [3.63, 3.8) is 0 Å². The molecule has 0 atom stereocenters. The summed E-state index contributed by atoms with van der Waals surface area (Å²) in [6, 6.07) is 0. The summed E-state index contributed by atoms with van der Waals surface area (Å²) in [4.78, 5) is 21.4. The Morgan fingerprint density at radius 1 is 1.40 bits per heavy atom. The lowest BCUT2D eigenvalue weighted by Gasteiger charge is -2.08. The summed E-state index contributed by atoms with van der Waals surface area (Å²) in [6.07, 6.45) is 3.55. The first kappa shape index (κ1) is 12.4. The highest BCUT2D eigenvalue weighted by molar-refractivity contribution is 8.00. The number of thioether (sulfide) groups is 1. The number of hydrogen-bond donors (Lipinski definition) is 2. The van der Waals surface area contributed by atoms with Crippen LogP contribution in [0.3, 0.4) is 0 Å². The molecule has 1 aliphatic rings.